The Kier molecular flexibility index (Phi) is 5.31. The molecule has 0 saturated carbocycles. The summed E-state index contributed by atoms with van der Waals surface area (Å²) in [5, 5.41) is 7.77. The molecule has 3 N–H and O–H groups in total. The number of carbonyl (C=O) groups is 1. The van der Waals surface area contributed by atoms with Gasteiger partial charge in [0.25, 0.3) is 0 Å². The van der Waals surface area contributed by atoms with Crippen LogP contribution in [0.15, 0.2) is 29.2 Å². The molecule has 0 saturated heterocycles. The predicted molar refractivity (Wildman–Crippen MR) is 74.5 cm³/mol. The van der Waals surface area contributed by atoms with Crippen LogP contribution in [-0.2, 0) is 10.0 Å². The van der Waals surface area contributed by atoms with Gasteiger partial charge in [-0.05, 0) is 30.7 Å². The van der Waals surface area contributed by atoms with E-state index in [9.17, 15) is 13.2 Å². The molecule has 0 fully saturated rings. The average molecular weight is 285 g/mol. The molecule has 1 aromatic carbocycles. The van der Waals surface area contributed by atoms with Crippen LogP contribution in [0.1, 0.15) is 19.8 Å². The lowest BCUT2D eigenvalue weighted by atomic mass is 10.3. The number of benzene rings is 1. The molecule has 0 bridgehead atoms. The van der Waals surface area contributed by atoms with Gasteiger partial charge in [-0.25, -0.2) is 18.4 Å². The molecule has 6 nitrogen and oxygen atoms in total. The number of urea groups is 1. The van der Waals surface area contributed by atoms with Crippen molar-refractivity contribution in [2.45, 2.75) is 24.7 Å². The van der Waals surface area contributed by atoms with Gasteiger partial charge in [0.05, 0.1) is 4.90 Å². The monoisotopic (exact) mass is 285 g/mol. The van der Waals surface area contributed by atoms with E-state index < -0.39 is 10.0 Å². The quantitative estimate of drug-likeness (QED) is 0.798. The zero-order valence-corrected chi connectivity index (χ0v) is 11.9. The molecule has 0 aliphatic rings. The number of unbranched alkanes of at least 4 members (excludes halogenated alkanes) is 1. The van der Waals surface area contributed by atoms with Crippen LogP contribution in [-0.4, -0.2) is 28.0 Å². The van der Waals surface area contributed by atoms with Crippen LogP contribution in [0.5, 0.6) is 0 Å². The van der Waals surface area contributed by atoms with E-state index >= 15 is 0 Å². The first-order valence-electron chi connectivity index (χ1n) is 6.00. The summed E-state index contributed by atoms with van der Waals surface area (Å²) in [5.41, 5.74) is 0.599. The molecular formula is C12H19N3O3S. The molecule has 0 atom stereocenters. The third-order valence-corrected chi connectivity index (χ3v) is 3.59. The molecular weight excluding hydrogens is 266 g/mol. The maximum absolute atomic E-state index is 11.8. The maximum atomic E-state index is 11.8. The van der Waals surface area contributed by atoms with Crippen molar-refractivity contribution in [1.29, 1.82) is 0 Å². The lowest BCUT2D eigenvalue weighted by Gasteiger charge is -2.18. The van der Waals surface area contributed by atoms with Crippen LogP contribution < -0.4 is 15.4 Å². The highest BCUT2D eigenvalue weighted by atomic mass is 32.2. The Labute approximate surface area is 113 Å². The van der Waals surface area contributed by atoms with E-state index in [1.165, 1.54) is 17.0 Å². The van der Waals surface area contributed by atoms with Crippen LogP contribution >= 0.6 is 0 Å². The van der Waals surface area contributed by atoms with Gasteiger partial charge in [0.15, 0.2) is 0 Å². The third-order valence-electron chi connectivity index (χ3n) is 2.66. The van der Waals surface area contributed by atoms with Gasteiger partial charge in [-0.15, -0.1) is 0 Å². The summed E-state index contributed by atoms with van der Waals surface area (Å²) in [6.07, 6.45) is 1.93. The second-order valence-corrected chi connectivity index (χ2v) is 5.74. The van der Waals surface area contributed by atoms with Crippen molar-refractivity contribution in [3.63, 3.8) is 0 Å². The number of rotatable bonds is 5. The van der Waals surface area contributed by atoms with Crippen LogP contribution in [0.25, 0.3) is 0 Å². The molecule has 0 radical (unpaired) electrons. The van der Waals surface area contributed by atoms with Crippen molar-refractivity contribution < 1.29 is 13.2 Å². The number of nitrogens with two attached hydrogens (primary N) is 1. The molecule has 0 unspecified atom stereocenters. The first-order valence-corrected chi connectivity index (χ1v) is 7.55. The fraction of sp³-hybridized carbons (Fsp3) is 0.417. The molecule has 0 aliphatic heterocycles. The number of primary sulfonamides is 1. The van der Waals surface area contributed by atoms with E-state index in [0.29, 0.717) is 12.2 Å². The zero-order chi connectivity index (χ0) is 14.5. The molecule has 1 rings (SSSR count). The Hall–Kier alpha value is -1.60. The summed E-state index contributed by atoms with van der Waals surface area (Å²) in [6.45, 7) is 2.66. The highest BCUT2D eigenvalue weighted by Crippen LogP contribution is 2.16. The SMILES string of the molecule is CCCCNC(=O)N(C)c1ccc(S(N)(=O)=O)cc1. The largest absolute Gasteiger partial charge is 0.338 e. The lowest BCUT2D eigenvalue weighted by molar-refractivity contribution is 0.247. The van der Waals surface area contributed by atoms with Crippen LogP contribution in [0.4, 0.5) is 10.5 Å². The number of hydrogen-bond acceptors (Lipinski definition) is 3. The second kappa shape index (κ2) is 6.53. The minimum atomic E-state index is -3.70. The minimum Gasteiger partial charge on any atom is -0.338 e. The van der Waals surface area contributed by atoms with Crippen molar-refractivity contribution in [3.05, 3.63) is 24.3 Å². The molecule has 2 amide bonds. The molecule has 1 aromatic rings. The summed E-state index contributed by atoms with van der Waals surface area (Å²) in [4.78, 5) is 13.2. The Morgan fingerprint density at radius 2 is 1.89 bits per heavy atom. The van der Waals surface area contributed by atoms with Gasteiger partial charge >= 0.3 is 6.03 Å². The van der Waals surface area contributed by atoms with Gasteiger partial charge in [-0.2, -0.15) is 0 Å². The van der Waals surface area contributed by atoms with Crippen LogP contribution in [0, 0.1) is 0 Å². The van der Waals surface area contributed by atoms with Crippen molar-refractivity contribution >= 4 is 21.7 Å². The van der Waals surface area contributed by atoms with Gasteiger partial charge < -0.3 is 5.32 Å². The second-order valence-electron chi connectivity index (χ2n) is 4.18. The van der Waals surface area contributed by atoms with Gasteiger partial charge in [-0.1, -0.05) is 13.3 Å². The Balaban J connectivity index is 2.72. The fourth-order valence-electron chi connectivity index (χ4n) is 1.47. The Morgan fingerprint density at radius 1 is 1.32 bits per heavy atom. The topological polar surface area (TPSA) is 92.5 Å². The number of sulfonamides is 1. The first-order chi connectivity index (χ1) is 8.86. The number of hydrogen-bond donors (Lipinski definition) is 2. The van der Waals surface area contributed by atoms with Crippen molar-refractivity contribution in [2.75, 3.05) is 18.5 Å². The van der Waals surface area contributed by atoms with Crippen LogP contribution in [0.3, 0.4) is 0 Å². The van der Waals surface area contributed by atoms with Gasteiger partial charge in [0, 0.05) is 19.3 Å². The van der Waals surface area contributed by atoms with Crippen LogP contribution in [0.2, 0.25) is 0 Å². The number of amides is 2. The molecule has 0 aromatic heterocycles. The Morgan fingerprint density at radius 3 is 2.37 bits per heavy atom. The fourth-order valence-corrected chi connectivity index (χ4v) is 1.98. The van der Waals surface area contributed by atoms with E-state index in [-0.39, 0.29) is 10.9 Å². The third kappa shape index (κ3) is 4.53. The maximum Gasteiger partial charge on any atom is 0.321 e. The van der Waals surface area contributed by atoms with Gasteiger partial charge in [0.1, 0.15) is 0 Å². The van der Waals surface area contributed by atoms with Crippen molar-refractivity contribution in [3.8, 4) is 0 Å². The van der Waals surface area contributed by atoms with E-state index in [1.807, 2.05) is 6.92 Å². The summed E-state index contributed by atoms with van der Waals surface area (Å²) < 4.78 is 22.2. The molecule has 0 heterocycles. The molecule has 0 spiro atoms. The highest BCUT2D eigenvalue weighted by molar-refractivity contribution is 7.89. The summed E-state index contributed by atoms with van der Waals surface area (Å²) in [6, 6.07) is 5.61. The minimum absolute atomic E-state index is 0.0241. The summed E-state index contributed by atoms with van der Waals surface area (Å²) >= 11 is 0. The lowest BCUT2D eigenvalue weighted by Crippen LogP contribution is -2.37. The predicted octanol–water partition coefficient (Wildman–Crippen LogP) is 1.28. The molecule has 106 valence electrons. The average Bonchev–Trinajstić information content (AvgIpc) is 2.37. The molecule has 0 aliphatic carbocycles. The van der Waals surface area contributed by atoms with Crippen molar-refractivity contribution in [2.24, 2.45) is 5.14 Å². The van der Waals surface area contributed by atoms with E-state index in [4.69, 9.17) is 5.14 Å². The van der Waals surface area contributed by atoms with E-state index in [2.05, 4.69) is 5.32 Å². The summed E-state index contributed by atoms with van der Waals surface area (Å²) in [7, 11) is -2.08. The number of anilines is 1. The van der Waals surface area contributed by atoms with E-state index in [1.54, 1.807) is 19.2 Å². The standard InChI is InChI=1S/C12H19N3O3S/c1-3-4-9-14-12(16)15(2)10-5-7-11(8-6-10)19(13,17)18/h5-8H,3-4,9H2,1-2H3,(H,14,16)(H2,13,17,18). The Bertz CT molecular complexity index is 526. The zero-order valence-electron chi connectivity index (χ0n) is 11.1. The van der Waals surface area contributed by atoms with Gasteiger partial charge in [0.2, 0.25) is 10.0 Å². The highest BCUT2D eigenvalue weighted by Gasteiger charge is 2.12. The van der Waals surface area contributed by atoms with Crippen molar-refractivity contribution in [1.82, 2.24) is 5.32 Å². The number of nitrogens with zero attached hydrogens (tertiary/aromatic N) is 1. The smallest absolute Gasteiger partial charge is 0.321 e. The van der Waals surface area contributed by atoms with E-state index in [0.717, 1.165) is 12.8 Å². The number of carbonyl (C=O) groups excluding carboxylic acids is 1. The van der Waals surface area contributed by atoms with Gasteiger partial charge in [-0.3, -0.25) is 4.90 Å². The molecule has 19 heavy (non-hydrogen) atoms. The summed E-state index contributed by atoms with van der Waals surface area (Å²) in [5.74, 6) is 0. The molecule has 7 heteroatoms. The number of nitrogens with one attached hydrogen (secondary N) is 1. The first kappa shape index (κ1) is 15.5. The normalized spacial score (nSPS) is 11.1.